The van der Waals surface area contributed by atoms with E-state index in [1.54, 1.807) is 18.2 Å². The molecule has 1 saturated heterocycles. The third kappa shape index (κ3) is 2.78. The number of benzene rings is 1. The lowest BCUT2D eigenvalue weighted by Gasteiger charge is -2.21. The van der Waals surface area contributed by atoms with Gasteiger partial charge in [-0.2, -0.15) is 0 Å². The zero-order valence-corrected chi connectivity index (χ0v) is 12.1. The number of halogens is 1. The maximum absolute atomic E-state index is 12.5. The molecule has 6 heteroatoms. The summed E-state index contributed by atoms with van der Waals surface area (Å²) in [7, 11) is 1.51. The molecule has 1 aliphatic heterocycles. The van der Waals surface area contributed by atoms with Crippen molar-refractivity contribution in [3.05, 3.63) is 34.3 Å². The van der Waals surface area contributed by atoms with Crippen LogP contribution < -0.4 is 0 Å². The van der Waals surface area contributed by atoms with Gasteiger partial charge in [-0.15, -0.1) is 0 Å². The quantitative estimate of drug-likeness (QED) is 0.926. The summed E-state index contributed by atoms with van der Waals surface area (Å²) in [5.74, 6) is -1.40. The van der Waals surface area contributed by atoms with Crippen molar-refractivity contribution in [2.24, 2.45) is 0 Å². The maximum atomic E-state index is 12.5. The highest BCUT2D eigenvalue weighted by Crippen LogP contribution is 2.26. The van der Waals surface area contributed by atoms with Crippen LogP contribution in [0.4, 0.5) is 0 Å². The molecule has 0 radical (unpaired) electrons. The van der Waals surface area contributed by atoms with Gasteiger partial charge in [-0.3, -0.25) is 4.79 Å². The molecule has 0 aromatic heterocycles. The van der Waals surface area contributed by atoms with Gasteiger partial charge >= 0.3 is 5.97 Å². The molecule has 1 amide bonds. The van der Waals surface area contributed by atoms with Crippen molar-refractivity contribution in [3.8, 4) is 0 Å². The number of nitrogens with zero attached hydrogens (tertiary/aromatic N) is 1. The Labute approximate surface area is 122 Å². The number of carboxylic acid groups (broad SMARTS) is 1. The second-order valence-corrected chi connectivity index (χ2v) is 5.30. The van der Waals surface area contributed by atoms with E-state index in [0.717, 1.165) is 5.56 Å². The number of amides is 1. The summed E-state index contributed by atoms with van der Waals surface area (Å²) in [5.41, 5.74) is 1.26. The Morgan fingerprint density at radius 1 is 1.45 bits per heavy atom. The van der Waals surface area contributed by atoms with Crippen LogP contribution in [0.15, 0.2) is 18.2 Å². The molecule has 5 nitrogen and oxygen atoms in total. The van der Waals surface area contributed by atoms with Crippen molar-refractivity contribution in [2.45, 2.75) is 25.5 Å². The third-order valence-electron chi connectivity index (χ3n) is 3.50. The van der Waals surface area contributed by atoms with E-state index < -0.39 is 12.0 Å². The Morgan fingerprint density at radius 3 is 2.70 bits per heavy atom. The van der Waals surface area contributed by atoms with Crippen LogP contribution in [0.2, 0.25) is 5.02 Å². The van der Waals surface area contributed by atoms with Crippen molar-refractivity contribution in [1.82, 2.24) is 4.90 Å². The van der Waals surface area contributed by atoms with Gasteiger partial charge in [-0.25, -0.2) is 4.79 Å². The van der Waals surface area contributed by atoms with Crippen molar-refractivity contribution in [2.75, 3.05) is 13.7 Å². The molecule has 108 valence electrons. The smallest absolute Gasteiger partial charge is 0.326 e. The highest BCUT2D eigenvalue weighted by molar-refractivity contribution is 6.34. The molecule has 0 aliphatic carbocycles. The second kappa shape index (κ2) is 5.81. The molecule has 1 aliphatic rings. The Morgan fingerprint density at radius 2 is 2.15 bits per heavy atom. The van der Waals surface area contributed by atoms with Gasteiger partial charge in [0, 0.05) is 20.1 Å². The molecule has 0 spiro atoms. The summed E-state index contributed by atoms with van der Waals surface area (Å²) < 4.78 is 5.17. The molecule has 0 saturated carbocycles. The molecule has 0 bridgehead atoms. The van der Waals surface area contributed by atoms with Crippen molar-refractivity contribution >= 4 is 23.5 Å². The van der Waals surface area contributed by atoms with E-state index in [2.05, 4.69) is 0 Å². The minimum absolute atomic E-state index is 0.260. The van der Waals surface area contributed by atoms with Crippen LogP contribution in [0.25, 0.3) is 0 Å². The minimum Gasteiger partial charge on any atom is -0.480 e. The number of ether oxygens (including phenoxy) is 1. The molecule has 1 aromatic carbocycles. The van der Waals surface area contributed by atoms with E-state index >= 15 is 0 Å². The van der Waals surface area contributed by atoms with Crippen molar-refractivity contribution in [1.29, 1.82) is 0 Å². The summed E-state index contributed by atoms with van der Waals surface area (Å²) in [6, 6.07) is 4.22. The highest BCUT2D eigenvalue weighted by Gasteiger charge is 2.40. The first-order valence-corrected chi connectivity index (χ1v) is 6.64. The van der Waals surface area contributed by atoms with Crippen molar-refractivity contribution < 1.29 is 19.4 Å². The average Bonchev–Trinajstić information content (AvgIpc) is 2.82. The van der Waals surface area contributed by atoms with Crippen LogP contribution in [-0.4, -0.2) is 47.7 Å². The number of hydrogen-bond donors (Lipinski definition) is 1. The van der Waals surface area contributed by atoms with Gasteiger partial charge in [0.2, 0.25) is 0 Å². The third-order valence-corrected chi connectivity index (χ3v) is 3.81. The number of carbonyl (C=O) groups excluding carboxylic acids is 1. The van der Waals surface area contributed by atoms with Crippen LogP contribution >= 0.6 is 11.6 Å². The van der Waals surface area contributed by atoms with E-state index in [9.17, 15) is 14.7 Å². The van der Waals surface area contributed by atoms with E-state index in [-0.39, 0.29) is 18.6 Å². The van der Waals surface area contributed by atoms with Crippen LogP contribution in [0, 0.1) is 6.92 Å². The molecule has 2 atom stereocenters. The van der Waals surface area contributed by atoms with Crippen LogP contribution in [-0.2, 0) is 9.53 Å². The monoisotopic (exact) mass is 297 g/mol. The molecular formula is C14H16ClNO4. The summed E-state index contributed by atoms with van der Waals surface area (Å²) in [4.78, 5) is 25.1. The van der Waals surface area contributed by atoms with Gasteiger partial charge in [-0.1, -0.05) is 17.7 Å². The number of likely N-dealkylation sites (tertiary alicyclic amines) is 1. The zero-order valence-electron chi connectivity index (χ0n) is 11.3. The summed E-state index contributed by atoms with van der Waals surface area (Å²) in [6.07, 6.45) is 0.0328. The molecule has 2 unspecified atom stereocenters. The molecule has 2 rings (SSSR count). The lowest BCUT2D eigenvalue weighted by atomic mass is 10.1. The fraction of sp³-hybridized carbons (Fsp3) is 0.429. The highest BCUT2D eigenvalue weighted by atomic mass is 35.5. The standard InChI is InChI=1S/C14H16ClNO4/c1-8-3-4-10(11(15)5-8)13(17)16-7-9(20-2)6-12(16)14(18)19/h3-5,9,12H,6-7H2,1-2H3,(H,18,19). The normalized spacial score (nSPS) is 22.1. The van der Waals surface area contributed by atoms with Crippen LogP contribution in [0.1, 0.15) is 22.3 Å². The first-order chi connectivity index (χ1) is 9.43. The van der Waals surface area contributed by atoms with Gasteiger partial charge in [0.25, 0.3) is 5.91 Å². The summed E-state index contributed by atoms with van der Waals surface area (Å²) >= 11 is 6.07. The molecular weight excluding hydrogens is 282 g/mol. The zero-order chi connectivity index (χ0) is 14.9. The molecule has 1 fully saturated rings. The van der Waals surface area contributed by atoms with E-state index in [1.807, 2.05) is 6.92 Å². The Kier molecular flexibility index (Phi) is 4.30. The number of aryl methyl sites for hydroxylation is 1. The van der Waals surface area contributed by atoms with E-state index in [0.29, 0.717) is 17.0 Å². The molecule has 20 heavy (non-hydrogen) atoms. The Hall–Kier alpha value is -1.59. The SMILES string of the molecule is COC1CC(C(=O)O)N(C(=O)c2ccc(C)cc2Cl)C1. The van der Waals surface area contributed by atoms with Gasteiger partial charge in [0.15, 0.2) is 0 Å². The summed E-state index contributed by atoms with van der Waals surface area (Å²) in [5, 5.41) is 9.56. The molecule has 1 aromatic rings. The Balaban J connectivity index is 2.29. The van der Waals surface area contributed by atoms with E-state index in [4.69, 9.17) is 16.3 Å². The van der Waals surface area contributed by atoms with Crippen LogP contribution in [0.5, 0.6) is 0 Å². The largest absolute Gasteiger partial charge is 0.480 e. The average molecular weight is 298 g/mol. The topological polar surface area (TPSA) is 66.8 Å². The number of methoxy groups -OCH3 is 1. The number of carboxylic acids is 1. The number of hydrogen-bond acceptors (Lipinski definition) is 3. The fourth-order valence-corrected chi connectivity index (χ4v) is 2.69. The minimum atomic E-state index is -1.03. The van der Waals surface area contributed by atoms with Gasteiger partial charge in [0.1, 0.15) is 6.04 Å². The van der Waals surface area contributed by atoms with Gasteiger partial charge in [0.05, 0.1) is 16.7 Å². The number of carbonyl (C=O) groups is 2. The lowest BCUT2D eigenvalue weighted by Crippen LogP contribution is -2.40. The maximum Gasteiger partial charge on any atom is 0.326 e. The number of aliphatic carboxylic acids is 1. The summed E-state index contributed by atoms with van der Waals surface area (Å²) in [6.45, 7) is 2.13. The number of rotatable bonds is 3. The predicted molar refractivity (Wildman–Crippen MR) is 74.1 cm³/mol. The second-order valence-electron chi connectivity index (χ2n) is 4.89. The molecule has 1 N–H and O–H groups in total. The van der Waals surface area contributed by atoms with Gasteiger partial charge in [-0.05, 0) is 24.6 Å². The van der Waals surface area contributed by atoms with Crippen molar-refractivity contribution in [3.63, 3.8) is 0 Å². The fourth-order valence-electron chi connectivity index (χ4n) is 2.38. The first-order valence-electron chi connectivity index (χ1n) is 6.26. The van der Waals surface area contributed by atoms with Gasteiger partial charge < -0.3 is 14.7 Å². The Bertz CT molecular complexity index is 546. The van der Waals surface area contributed by atoms with E-state index in [1.165, 1.54) is 12.0 Å². The molecule has 1 heterocycles. The van der Waals surface area contributed by atoms with Crippen LogP contribution in [0.3, 0.4) is 0 Å². The first kappa shape index (κ1) is 14.8. The lowest BCUT2D eigenvalue weighted by molar-refractivity contribution is -0.141. The predicted octanol–water partition coefficient (Wildman–Crippen LogP) is 1.96.